The van der Waals surface area contributed by atoms with E-state index in [1.54, 1.807) is 30.6 Å². The first-order valence-electron chi connectivity index (χ1n) is 7.70. The first-order valence-corrected chi connectivity index (χ1v) is 8.89. The molecule has 1 aromatic carbocycles. The first kappa shape index (κ1) is 15.9. The molecule has 1 aliphatic rings. The summed E-state index contributed by atoms with van der Waals surface area (Å²) >= 11 is 7.33. The Balaban J connectivity index is 1.91. The Kier molecular flexibility index (Phi) is 4.04. The van der Waals surface area contributed by atoms with Crippen LogP contribution in [0.1, 0.15) is 12.0 Å². The van der Waals surface area contributed by atoms with E-state index < -0.39 is 0 Å². The third-order valence-corrected chi connectivity index (χ3v) is 5.38. The Labute approximate surface area is 153 Å². The van der Waals surface area contributed by atoms with Gasteiger partial charge in [-0.25, -0.2) is 4.98 Å². The minimum Gasteiger partial charge on any atom is -0.376 e. The average Bonchev–Trinajstić information content (AvgIpc) is 3.01. The molecule has 4 rings (SSSR count). The fourth-order valence-electron chi connectivity index (χ4n) is 2.86. The maximum atomic E-state index is 13.0. The van der Waals surface area contributed by atoms with Crippen molar-refractivity contribution in [3.05, 3.63) is 51.5 Å². The number of aromatic nitrogens is 2. The number of anilines is 1. The van der Waals surface area contributed by atoms with Crippen LogP contribution < -0.4 is 10.9 Å². The number of halogens is 1. The van der Waals surface area contributed by atoms with Crippen molar-refractivity contribution in [1.29, 1.82) is 0 Å². The Morgan fingerprint density at radius 2 is 2.20 bits per heavy atom. The molecule has 0 unspecified atom stereocenters. The van der Waals surface area contributed by atoms with Crippen LogP contribution >= 0.6 is 22.9 Å². The fourth-order valence-corrected chi connectivity index (χ4v) is 4.12. The molecule has 0 atom stereocenters. The van der Waals surface area contributed by atoms with Crippen molar-refractivity contribution in [2.24, 2.45) is 4.99 Å². The highest BCUT2D eigenvalue weighted by molar-refractivity contribution is 7.23. The van der Waals surface area contributed by atoms with Gasteiger partial charge in [-0.2, -0.15) is 0 Å². The van der Waals surface area contributed by atoms with Crippen LogP contribution in [0.15, 0.2) is 40.4 Å². The maximum absolute atomic E-state index is 13.0. The molecule has 0 aliphatic carbocycles. The van der Waals surface area contributed by atoms with E-state index in [4.69, 9.17) is 18.0 Å². The molecule has 5 nitrogen and oxygen atoms in total. The van der Waals surface area contributed by atoms with Gasteiger partial charge in [-0.3, -0.25) is 14.4 Å². The van der Waals surface area contributed by atoms with Gasteiger partial charge in [-0.1, -0.05) is 17.5 Å². The van der Waals surface area contributed by atoms with Gasteiger partial charge in [0.05, 0.1) is 29.0 Å². The van der Waals surface area contributed by atoms with Crippen LogP contribution in [0.4, 0.5) is 5.00 Å². The lowest BCUT2D eigenvalue weighted by Gasteiger charge is -2.15. The molecule has 0 saturated heterocycles. The van der Waals surface area contributed by atoms with Gasteiger partial charge in [0.1, 0.15) is 16.0 Å². The Hall–Kier alpha value is -2.62. The number of benzene rings is 1. The van der Waals surface area contributed by atoms with Gasteiger partial charge in [0.25, 0.3) is 5.56 Å². The number of thiophene rings is 1. The zero-order valence-corrected chi connectivity index (χ0v) is 14.7. The van der Waals surface area contributed by atoms with Crippen LogP contribution in [-0.4, -0.2) is 28.4 Å². The normalized spacial score (nSPS) is 15.0. The maximum Gasteiger partial charge on any atom is 0.275 e. The number of fused-ring (bicyclic) bond motifs is 3. The number of aliphatic imine (C=N–C) groups is 1. The third-order valence-electron chi connectivity index (χ3n) is 4.00. The largest absolute Gasteiger partial charge is 0.376 e. The van der Waals surface area contributed by atoms with E-state index in [0.717, 1.165) is 34.9 Å². The molecule has 0 amide bonds. The summed E-state index contributed by atoms with van der Waals surface area (Å²) in [6.07, 6.45) is 7.64. The van der Waals surface area contributed by atoms with Crippen molar-refractivity contribution in [3.63, 3.8) is 0 Å². The predicted molar refractivity (Wildman–Crippen MR) is 104 cm³/mol. The third kappa shape index (κ3) is 2.72. The summed E-state index contributed by atoms with van der Waals surface area (Å²) in [5, 5.41) is 4.88. The minimum atomic E-state index is -0.107. The lowest BCUT2D eigenvalue weighted by atomic mass is 10.1. The van der Waals surface area contributed by atoms with Crippen molar-refractivity contribution in [3.8, 4) is 18.0 Å². The number of terminal acetylenes is 1. The standard InChI is InChI=1S/C18H13ClN4OS/c1-2-8-20-13-7-9-21-17-14(13)15-16(25-17)18(24)23(10-22-15)12-5-3-11(19)4-6-12/h1,3-6,10,21H,7-9H2. The Morgan fingerprint density at radius 1 is 1.40 bits per heavy atom. The molecule has 1 aliphatic heterocycles. The fraction of sp³-hybridized carbons (Fsp3) is 0.167. The summed E-state index contributed by atoms with van der Waals surface area (Å²) in [7, 11) is 0. The number of rotatable bonds is 2. The Bertz CT molecular complexity index is 1090. The summed E-state index contributed by atoms with van der Waals surface area (Å²) in [5.41, 5.74) is 3.11. The van der Waals surface area contributed by atoms with Crippen molar-refractivity contribution in [2.75, 3.05) is 18.4 Å². The van der Waals surface area contributed by atoms with Crippen LogP contribution in [0.3, 0.4) is 0 Å². The summed E-state index contributed by atoms with van der Waals surface area (Å²) in [6, 6.07) is 7.09. The number of nitrogens with one attached hydrogen (secondary N) is 1. The van der Waals surface area contributed by atoms with Crippen LogP contribution in [0.5, 0.6) is 0 Å². The molecular formula is C18H13ClN4OS. The molecule has 124 valence electrons. The van der Waals surface area contributed by atoms with E-state index in [1.165, 1.54) is 15.9 Å². The van der Waals surface area contributed by atoms with E-state index in [2.05, 4.69) is 21.2 Å². The molecule has 1 N–H and O–H groups in total. The monoisotopic (exact) mass is 368 g/mol. The summed E-state index contributed by atoms with van der Waals surface area (Å²) in [6.45, 7) is 1.10. The van der Waals surface area contributed by atoms with Crippen LogP contribution in [0, 0.1) is 12.3 Å². The highest BCUT2D eigenvalue weighted by Gasteiger charge is 2.24. The lowest BCUT2D eigenvalue weighted by Crippen LogP contribution is -2.19. The van der Waals surface area contributed by atoms with Crippen molar-refractivity contribution in [1.82, 2.24) is 9.55 Å². The van der Waals surface area contributed by atoms with Crippen molar-refractivity contribution >= 4 is 43.9 Å². The van der Waals surface area contributed by atoms with Crippen LogP contribution in [0.2, 0.25) is 5.02 Å². The van der Waals surface area contributed by atoms with Gasteiger partial charge in [-0.05, 0) is 24.3 Å². The Morgan fingerprint density at radius 3 is 2.96 bits per heavy atom. The number of nitrogens with zero attached hydrogens (tertiary/aromatic N) is 3. The molecule has 0 radical (unpaired) electrons. The van der Waals surface area contributed by atoms with Crippen LogP contribution in [0.25, 0.3) is 15.9 Å². The molecule has 25 heavy (non-hydrogen) atoms. The van der Waals surface area contributed by atoms with Crippen molar-refractivity contribution < 1.29 is 0 Å². The highest BCUT2D eigenvalue weighted by atomic mass is 35.5. The van der Waals surface area contributed by atoms with E-state index >= 15 is 0 Å². The molecule has 0 bridgehead atoms. The zero-order valence-electron chi connectivity index (χ0n) is 13.1. The van der Waals surface area contributed by atoms with E-state index in [9.17, 15) is 4.79 Å². The highest BCUT2D eigenvalue weighted by Crippen LogP contribution is 2.36. The molecule has 2 aromatic heterocycles. The van der Waals surface area contributed by atoms with Crippen LogP contribution in [-0.2, 0) is 0 Å². The quantitative estimate of drug-likeness (QED) is 0.706. The zero-order chi connectivity index (χ0) is 17.4. The first-order chi connectivity index (χ1) is 12.2. The molecule has 0 saturated carbocycles. The minimum absolute atomic E-state index is 0.107. The molecule has 0 fully saturated rings. The lowest BCUT2D eigenvalue weighted by molar-refractivity contribution is 0.966. The van der Waals surface area contributed by atoms with E-state index in [0.29, 0.717) is 21.8 Å². The second kappa shape index (κ2) is 6.36. The molecular weight excluding hydrogens is 356 g/mol. The topological polar surface area (TPSA) is 59.3 Å². The van der Waals surface area contributed by atoms with Gasteiger partial charge in [0.15, 0.2) is 0 Å². The SMILES string of the molecule is C#CCN=C1CCNc2sc3c(=O)n(-c4ccc(Cl)cc4)cnc3c21. The molecule has 0 spiro atoms. The summed E-state index contributed by atoms with van der Waals surface area (Å²) in [5.74, 6) is 2.53. The number of hydrogen-bond acceptors (Lipinski definition) is 5. The van der Waals surface area contributed by atoms with Gasteiger partial charge in [0, 0.05) is 18.0 Å². The summed E-state index contributed by atoms with van der Waals surface area (Å²) in [4.78, 5) is 22.0. The molecule has 7 heteroatoms. The molecule has 3 heterocycles. The second-order valence-electron chi connectivity index (χ2n) is 5.52. The summed E-state index contributed by atoms with van der Waals surface area (Å²) < 4.78 is 2.13. The van der Waals surface area contributed by atoms with E-state index in [-0.39, 0.29) is 5.56 Å². The smallest absolute Gasteiger partial charge is 0.275 e. The predicted octanol–water partition coefficient (Wildman–Crippen LogP) is 3.34. The number of hydrogen-bond donors (Lipinski definition) is 1. The second-order valence-corrected chi connectivity index (χ2v) is 6.98. The van der Waals surface area contributed by atoms with Gasteiger partial charge >= 0.3 is 0 Å². The van der Waals surface area contributed by atoms with E-state index in [1.807, 2.05) is 0 Å². The van der Waals surface area contributed by atoms with Gasteiger partial charge < -0.3 is 5.32 Å². The molecule has 3 aromatic rings. The van der Waals surface area contributed by atoms with Gasteiger partial charge in [0.2, 0.25) is 0 Å². The van der Waals surface area contributed by atoms with Gasteiger partial charge in [-0.15, -0.1) is 17.8 Å². The van der Waals surface area contributed by atoms with Crippen molar-refractivity contribution in [2.45, 2.75) is 6.42 Å². The average molecular weight is 369 g/mol.